The first-order valence-corrected chi connectivity index (χ1v) is 13.0. The van der Waals surface area contributed by atoms with E-state index in [-0.39, 0.29) is 36.4 Å². The summed E-state index contributed by atoms with van der Waals surface area (Å²) in [5, 5.41) is 11.8. The highest BCUT2D eigenvalue weighted by molar-refractivity contribution is 5.98. The number of carboxylic acid groups (broad SMARTS) is 1. The lowest BCUT2D eigenvalue weighted by Gasteiger charge is -2.36. The van der Waals surface area contributed by atoms with Crippen LogP contribution in [0.2, 0.25) is 0 Å². The number of anilines is 1. The van der Waals surface area contributed by atoms with E-state index >= 15 is 4.39 Å². The van der Waals surface area contributed by atoms with E-state index < -0.39 is 17.9 Å². The summed E-state index contributed by atoms with van der Waals surface area (Å²) in [5.74, 6) is -1.29. The lowest BCUT2D eigenvalue weighted by atomic mass is 9.86. The zero-order valence-electron chi connectivity index (χ0n) is 21.7. The Morgan fingerprint density at radius 2 is 1.92 bits per heavy atom. The lowest BCUT2D eigenvalue weighted by molar-refractivity contribution is -0.140. The summed E-state index contributed by atoms with van der Waals surface area (Å²) in [5.41, 5.74) is 3.33. The first kappa shape index (κ1) is 26.6. The van der Waals surface area contributed by atoms with Gasteiger partial charge in [0.1, 0.15) is 17.6 Å². The molecule has 1 aliphatic carbocycles. The van der Waals surface area contributed by atoms with Crippen LogP contribution in [0.25, 0.3) is 0 Å². The number of nitrogens with one attached hydrogen (secondary N) is 1. The van der Waals surface area contributed by atoms with Crippen LogP contribution >= 0.6 is 0 Å². The maximum absolute atomic E-state index is 15.1. The quantitative estimate of drug-likeness (QED) is 0.486. The maximum Gasteiger partial charge on any atom is 0.303 e. The number of hydrogen-bond donors (Lipinski definition) is 2. The Morgan fingerprint density at radius 1 is 1.14 bits per heavy atom. The number of halogens is 1. The van der Waals surface area contributed by atoms with Gasteiger partial charge in [0, 0.05) is 25.1 Å². The Hall–Kier alpha value is -3.42. The van der Waals surface area contributed by atoms with Gasteiger partial charge in [0.25, 0.3) is 5.91 Å². The summed E-state index contributed by atoms with van der Waals surface area (Å²) in [6.07, 6.45) is 3.12. The lowest BCUT2D eigenvalue weighted by Crippen LogP contribution is -2.45. The molecular formula is C29H35FN2O5. The monoisotopic (exact) mass is 510 g/mol. The van der Waals surface area contributed by atoms with E-state index in [1.165, 1.54) is 11.0 Å². The molecule has 0 radical (unpaired) electrons. The highest BCUT2D eigenvalue weighted by Gasteiger charge is 2.37. The molecule has 0 bridgehead atoms. The minimum Gasteiger partial charge on any atom is -0.494 e. The molecule has 4 rings (SSSR count). The topological polar surface area (TPSA) is 95.9 Å². The van der Waals surface area contributed by atoms with Crippen LogP contribution in [0.4, 0.5) is 10.1 Å². The number of carboxylic acids is 1. The number of nitrogens with zero attached hydrogens (tertiary/aromatic N) is 1. The van der Waals surface area contributed by atoms with Gasteiger partial charge in [-0.25, -0.2) is 4.39 Å². The molecule has 198 valence electrons. The fourth-order valence-electron chi connectivity index (χ4n) is 5.47. The van der Waals surface area contributed by atoms with Gasteiger partial charge in [-0.05, 0) is 84.0 Å². The summed E-state index contributed by atoms with van der Waals surface area (Å²) < 4.78 is 20.8. The largest absolute Gasteiger partial charge is 0.494 e. The molecule has 0 saturated heterocycles. The van der Waals surface area contributed by atoms with Crippen molar-refractivity contribution in [1.29, 1.82) is 0 Å². The van der Waals surface area contributed by atoms with Gasteiger partial charge in [0.05, 0.1) is 6.61 Å². The van der Waals surface area contributed by atoms with Crippen LogP contribution in [-0.4, -0.2) is 40.9 Å². The summed E-state index contributed by atoms with van der Waals surface area (Å²) >= 11 is 0. The van der Waals surface area contributed by atoms with Crippen LogP contribution in [-0.2, 0) is 32.6 Å². The average molecular weight is 511 g/mol. The molecule has 1 aliphatic heterocycles. The molecule has 2 aromatic carbocycles. The van der Waals surface area contributed by atoms with Crippen molar-refractivity contribution in [2.75, 3.05) is 18.5 Å². The van der Waals surface area contributed by atoms with Gasteiger partial charge in [0.15, 0.2) is 0 Å². The fraction of sp³-hybridized carbons (Fsp3) is 0.483. The third-order valence-electron chi connectivity index (χ3n) is 7.30. The van der Waals surface area contributed by atoms with Crippen molar-refractivity contribution in [3.8, 4) is 5.75 Å². The van der Waals surface area contributed by atoms with Crippen LogP contribution < -0.4 is 10.1 Å². The molecule has 2 aromatic rings. The fourth-order valence-corrected chi connectivity index (χ4v) is 5.47. The van der Waals surface area contributed by atoms with E-state index in [0.29, 0.717) is 42.1 Å². The zero-order valence-corrected chi connectivity index (χ0v) is 21.7. The molecule has 0 spiro atoms. The summed E-state index contributed by atoms with van der Waals surface area (Å²) in [7, 11) is 0. The van der Waals surface area contributed by atoms with Crippen LogP contribution in [0.15, 0.2) is 30.3 Å². The number of amides is 2. The normalized spacial score (nSPS) is 17.6. The Kier molecular flexibility index (Phi) is 7.85. The first-order valence-electron chi connectivity index (χ1n) is 13.0. The van der Waals surface area contributed by atoms with Gasteiger partial charge in [-0.15, -0.1) is 0 Å². The van der Waals surface area contributed by atoms with Gasteiger partial charge in [-0.2, -0.15) is 0 Å². The number of aliphatic carboxylic acids is 1. The molecule has 37 heavy (non-hydrogen) atoms. The third kappa shape index (κ3) is 5.78. The Balaban J connectivity index is 1.62. The minimum atomic E-state index is -0.965. The van der Waals surface area contributed by atoms with Crippen molar-refractivity contribution in [3.05, 3.63) is 58.4 Å². The first-order chi connectivity index (χ1) is 17.6. The molecule has 8 heteroatoms. The molecule has 2 amide bonds. The molecule has 0 unspecified atom stereocenters. The van der Waals surface area contributed by atoms with Crippen LogP contribution in [0, 0.1) is 5.82 Å². The minimum absolute atomic E-state index is 0.0334. The van der Waals surface area contributed by atoms with E-state index in [1.54, 1.807) is 6.07 Å². The number of benzene rings is 2. The SMILES string of the molecule is CCCOc1ccc2c(c1)CCN(C(=O)CCCC(=O)O)[C@H]2C(=O)Nc1cc(F)c2c(c1)CCC2(C)C. The van der Waals surface area contributed by atoms with Crippen molar-refractivity contribution in [3.63, 3.8) is 0 Å². The summed E-state index contributed by atoms with van der Waals surface area (Å²) in [6.45, 7) is 6.96. The molecule has 0 aromatic heterocycles. The molecule has 7 nitrogen and oxygen atoms in total. The Morgan fingerprint density at radius 3 is 2.65 bits per heavy atom. The number of rotatable bonds is 9. The van der Waals surface area contributed by atoms with Crippen LogP contribution in [0.3, 0.4) is 0 Å². The number of ether oxygens (including phenoxy) is 1. The summed E-state index contributed by atoms with van der Waals surface area (Å²) in [4.78, 5) is 39.2. The average Bonchev–Trinajstić information content (AvgIpc) is 3.15. The summed E-state index contributed by atoms with van der Waals surface area (Å²) in [6, 6.07) is 7.80. The van der Waals surface area contributed by atoms with Crippen molar-refractivity contribution >= 4 is 23.5 Å². The van der Waals surface area contributed by atoms with Gasteiger partial charge in [-0.1, -0.05) is 26.8 Å². The number of carbonyl (C=O) groups is 3. The second-order valence-corrected chi connectivity index (χ2v) is 10.6. The molecular weight excluding hydrogens is 475 g/mol. The van der Waals surface area contributed by atoms with E-state index in [1.807, 2.05) is 39.0 Å². The van der Waals surface area contributed by atoms with E-state index in [2.05, 4.69) is 5.32 Å². The predicted octanol–water partition coefficient (Wildman–Crippen LogP) is 5.16. The van der Waals surface area contributed by atoms with Crippen LogP contribution in [0.1, 0.15) is 81.2 Å². The van der Waals surface area contributed by atoms with Crippen LogP contribution in [0.5, 0.6) is 5.75 Å². The number of fused-ring (bicyclic) bond motifs is 2. The number of carbonyl (C=O) groups excluding carboxylic acids is 2. The Bertz CT molecular complexity index is 1210. The van der Waals surface area contributed by atoms with Gasteiger partial charge >= 0.3 is 5.97 Å². The molecule has 0 saturated carbocycles. The zero-order chi connectivity index (χ0) is 26.7. The molecule has 2 N–H and O–H groups in total. The Labute approximate surface area is 217 Å². The third-order valence-corrected chi connectivity index (χ3v) is 7.30. The molecule has 2 aliphatic rings. The number of aryl methyl sites for hydroxylation is 1. The molecule has 1 heterocycles. The molecule has 1 atom stereocenters. The van der Waals surface area contributed by atoms with Crippen molar-refractivity contribution in [2.24, 2.45) is 0 Å². The standard InChI is InChI=1S/C29H35FN2O5/c1-4-14-37-21-8-9-22-18(16-21)11-13-32(24(33)6-5-7-25(34)35)27(22)28(36)31-20-15-19-10-12-29(2,3)26(19)23(30)17-20/h8-9,15-17,27H,4-7,10-14H2,1-3H3,(H,31,36)(H,34,35)/t27-/m1/s1. The van der Waals surface area contributed by atoms with Crippen molar-refractivity contribution in [2.45, 2.75) is 77.2 Å². The highest BCUT2D eigenvalue weighted by atomic mass is 19.1. The second kappa shape index (κ2) is 10.9. The predicted molar refractivity (Wildman–Crippen MR) is 138 cm³/mol. The van der Waals surface area contributed by atoms with Gasteiger partial charge in [-0.3, -0.25) is 14.4 Å². The molecule has 0 fully saturated rings. The van der Waals surface area contributed by atoms with Gasteiger partial charge < -0.3 is 20.1 Å². The van der Waals surface area contributed by atoms with E-state index in [0.717, 1.165) is 30.4 Å². The number of hydrogen-bond acceptors (Lipinski definition) is 4. The smallest absolute Gasteiger partial charge is 0.303 e. The maximum atomic E-state index is 15.1. The van der Waals surface area contributed by atoms with Crippen molar-refractivity contribution in [1.82, 2.24) is 4.90 Å². The second-order valence-electron chi connectivity index (χ2n) is 10.6. The van der Waals surface area contributed by atoms with E-state index in [4.69, 9.17) is 9.84 Å². The van der Waals surface area contributed by atoms with E-state index in [9.17, 15) is 14.4 Å². The van der Waals surface area contributed by atoms with Gasteiger partial charge in [0.2, 0.25) is 5.91 Å². The highest BCUT2D eigenvalue weighted by Crippen LogP contribution is 2.41. The van der Waals surface area contributed by atoms with Crippen molar-refractivity contribution < 1.29 is 28.6 Å².